The molecule has 3 rings (SSSR count). The number of hydrogen-bond donors (Lipinski definition) is 0. The van der Waals surface area contributed by atoms with Gasteiger partial charge in [0.2, 0.25) is 0 Å². The third-order valence-electron chi connectivity index (χ3n) is 7.99. The topological polar surface area (TPSA) is 0 Å². The SMILES string of the molecule is CC(C)C1CC2CCCC(C3CCC(C(C)(C)C)CC3)C2C1. The molecule has 0 radical (unpaired) electrons. The van der Waals surface area contributed by atoms with E-state index < -0.39 is 0 Å². The van der Waals surface area contributed by atoms with Crippen LogP contribution in [-0.4, -0.2) is 0 Å². The second-order valence-electron chi connectivity index (χ2n) is 10.5. The summed E-state index contributed by atoms with van der Waals surface area (Å²) >= 11 is 0. The van der Waals surface area contributed by atoms with Crippen molar-refractivity contribution in [3.63, 3.8) is 0 Å². The van der Waals surface area contributed by atoms with Crippen molar-refractivity contribution in [2.75, 3.05) is 0 Å². The van der Waals surface area contributed by atoms with Gasteiger partial charge in [-0.1, -0.05) is 47.5 Å². The first-order valence-corrected chi connectivity index (χ1v) is 10.4. The first kappa shape index (κ1) is 16.8. The maximum absolute atomic E-state index is 2.46. The molecule has 0 N–H and O–H groups in total. The second-order valence-corrected chi connectivity index (χ2v) is 10.5. The van der Waals surface area contributed by atoms with Crippen LogP contribution in [0.25, 0.3) is 0 Å². The summed E-state index contributed by atoms with van der Waals surface area (Å²) in [4.78, 5) is 0. The van der Waals surface area contributed by atoms with Crippen molar-refractivity contribution < 1.29 is 0 Å². The Labute approximate surface area is 139 Å². The molecule has 0 amide bonds. The van der Waals surface area contributed by atoms with Gasteiger partial charge in [0.05, 0.1) is 0 Å². The molecule has 0 bridgehead atoms. The van der Waals surface area contributed by atoms with E-state index in [1.165, 1.54) is 19.3 Å². The molecule has 0 aromatic rings. The zero-order valence-electron chi connectivity index (χ0n) is 15.9. The highest BCUT2D eigenvalue weighted by Crippen LogP contribution is 2.54. The molecular weight excluding hydrogens is 264 g/mol. The Morgan fingerprint density at radius 1 is 0.727 bits per heavy atom. The summed E-state index contributed by atoms with van der Waals surface area (Å²) in [5.74, 6) is 7.34. The lowest BCUT2D eigenvalue weighted by atomic mass is 9.61. The third-order valence-corrected chi connectivity index (χ3v) is 7.99. The van der Waals surface area contributed by atoms with E-state index in [4.69, 9.17) is 0 Å². The summed E-state index contributed by atoms with van der Waals surface area (Å²) in [6, 6.07) is 0. The molecule has 0 heteroatoms. The zero-order valence-corrected chi connectivity index (χ0v) is 15.9. The van der Waals surface area contributed by atoms with Crippen LogP contribution < -0.4 is 0 Å². The van der Waals surface area contributed by atoms with Gasteiger partial charge in [-0.05, 0) is 91.8 Å². The Morgan fingerprint density at radius 3 is 2.00 bits per heavy atom. The molecule has 22 heavy (non-hydrogen) atoms. The van der Waals surface area contributed by atoms with Gasteiger partial charge < -0.3 is 0 Å². The minimum atomic E-state index is 0.538. The molecular formula is C22H40. The predicted octanol–water partition coefficient (Wildman–Crippen LogP) is 6.94. The minimum Gasteiger partial charge on any atom is -0.0625 e. The van der Waals surface area contributed by atoms with Gasteiger partial charge in [0.1, 0.15) is 0 Å². The maximum Gasteiger partial charge on any atom is -0.0352 e. The molecule has 3 aliphatic carbocycles. The molecule has 3 saturated carbocycles. The average Bonchev–Trinajstić information content (AvgIpc) is 2.90. The quantitative estimate of drug-likeness (QED) is 0.518. The Hall–Kier alpha value is 0. The van der Waals surface area contributed by atoms with Crippen molar-refractivity contribution in [2.45, 2.75) is 92.4 Å². The molecule has 0 spiro atoms. The molecule has 3 fully saturated rings. The third kappa shape index (κ3) is 3.41. The summed E-state index contributed by atoms with van der Waals surface area (Å²) in [5, 5.41) is 0. The molecule has 3 aliphatic rings. The molecule has 0 aromatic carbocycles. The molecule has 128 valence electrons. The lowest BCUT2D eigenvalue weighted by molar-refractivity contribution is 0.0639. The van der Waals surface area contributed by atoms with E-state index in [0.717, 1.165) is 41.4 Å². The molecule has 0 heterocycles. The number of fused-ring (bicyclic) bond motifs is 1. The van der Waals surface area contributed by atoms with Gasteiger partial charge in [0.15, 0.2) is 0 Å². The van der Waals surface area contributed by atoms with Gasteiger partial charge in [-0.3, -0.25) is 0 Å². The summed E-state index contributed by atoms with van der Waals surface area (Å²) in [7, 11) is 0. The van der Waals surface area contributed by atoms with E-state index >= 15 is 0 Å². The van der Waals surface area contributed by atoms with Crippen molar-refractivity contribution in [1.29, 1.82) is 0 Å². The molecule has 4 unspecified atom stereocenters. The Balaban J connectivity index is 1.61. The highest BCUT2D eigenvalue weighted by atomic mass is 14.5. The van der Waals surface area contributed by atoms with Gasteiger partial charge in [-0.25, -0.2) is 0 Å². The van der Waals surface area contributed by atoms with Crippen molar-refractivity contribution in [3.05, 3.63) is 0 Å². The largest absolute Gasteiger partial charge is 0.0625 e. The highest BCUT2D eigenvalue weighted by Gasteiger charge is 2.45. The van der Waals surface area contributed by atoms with Gasteiger partial charge in [-0.2, -0.15) is 0 Å². The lowest BCUT2D eigenvalue weighted by Crippen LogP contribution is -2.34. The number of hydrogen-bond acceptors (Lipinski definition) is 0. The van der Waals surface area contributed by atoms with Crippen LogP contribution in [0, 0.1) is 46.8 Å². The van der Waals surface area contributed by atoms with Crippen molar-refractivity contribution in [1.82, 2.24) is 0 Å². The van der Waals surface area contributed by atoms with E-state index in [2.05, 4.69) is 34.6 Å². The van der Waals surface area contributed by atoms with Gasteiger partial charge in [0.25, 0.3) is 0 Å². The normalized spacial score (nSPS) is 43.4. The van der Waals surface area contributed by atoms with Crippen molar-refractivity contribution in [3.8, 4) is 0 Å². The standard InChI is InChI=1S/C22H40/c1-15(2)18-13-17-7-6-8-20(21(17)14-18)16-9-11-19(12-10-16)22(3,4)5/h15-21H,6-14H2,1-5H3. The molecule has 0 aliphatic heterocycles. The highest BCUT2D eigenvalue weighted by molar-refractivity contribution is 4.95. The lowest BCUT2D eigenvalue weighted by Gasteiger charge is -2.44. The van der Waals surface area contributed by atoms with Gasteiger partial charge in [-0.15, -0.1) is 0 Å². The Kier molecular flexibility index (Phi) is 4.96. The van der Waals surface area contributed by atoms with Crippen LogP contribution in [-0.2, 0) is 0 Å². The number of rotatable bonds is 2. The van der Waals surface area contributed by atoms with Crippen molar-refractivity contribution in [2.24, 2.45) is 46.8 Å². The van der Waals surface area contributed by atoms with Crippen LogP contribution >= 0.6 is 0 Å². The van der Waals surface area contributed by atoms with Crippen LogP contribution in [0.15, 0.2) is 0 Å². The van der Waals surface area contributed by atoms with Crippen LogP contribution in [0.2, 0.25) is 0 Å². The van der Waals surface area contributed by atoms with E-state index in [1.54, 1.807) is 38.5 Å². The fourth-order valence-corrected chi connectivity index (χ4v) is 6.43. The maximum atomic E-state index is 2.46. The van der Waals surface area contributed by atoms with Crippen LogP contribution in [0.3, 0.4) is 0 Å². The Morgan fingerprint density at radius 2 is 1.41 bits per heavy atom. The van der Waals surface area contributed by atoms with Gasteiger partial charge >= 0.3 is 0 Å². The van der Waals surface area contributed by atoms with Gasteiger partial charge in [0, 0.05) is 0 Å². The molecule has 0 nitrogen and oxygen atoms in total. The first-order chi connectivity index (χ1) is 10.4. The predicted molar refractivity (Wildman–Crippen MR) is 96.8 cm³/mol. The summed E-state index contributed by atoms with van der Waals surface area (Å²) in [6.45, 7) is 12.3. The molecule has 0 aromatic heterocycles. The zero-order chi connectivity index (χ0) is 15.9. The summed E-state index contributed by atoms with van der Waals surface area (Å²) < 4.78 is 0. The first-order valence-electron chi connectivity index (χ1n) is 10.4. The second kappa shape index (κ2) is 6.48. The summed E-state index contributed by atoms with van der Waals surface area (Å²) in [6.07, 6.45) is 13.9. The fourth-order valence-electron chi connectivity index (χ4n) is 6.43. The van der Waals surface area contributed by atoms with Crippen molar-refractivity contribution >= 4 is 0 Å². The van der Waals surface area contributed by atoms with E-state index in [9.17, 15) is 0 Å². The monoisotopic (exact) mass is 304 g/mol. The minimum absolute atomic E-state index is 0.538. The van der Waals surface area contributed by atoms with E-state index in [-0.39, 0.29) is 0 Å². The van der Waals surface area contributed by atoms with Crippen LogP contribution in [0.1, 0.15) is 92.4 Å². The molecule has 0 saturated heterocycles. The fraction of sp³-hybridized carbons (Fsp3) is 1.00. The van der Waals surface area contributed by atoms with Crippen LogP contribution in [0.5, 0.6) is 0 Å². The van der Waals surface area contributed by atoms with E-state index in [1.807, 2.05) is 0 Å². The molecule has 4 atom stereocenters. The van der Waals surface area contributed by atoms with E-state index in [0.29, 0.717) is 5.41 Å². The average molecular weight is 305 g/mol. The smallest absolute Gasteiger partial charge is 0.0352 e. The Bertz CT molecular complexity index is 353. The van der Waals surface area contributed by atoms with Crippen LogP contribution in [0.4, 0.5) is 0 Å². The summed E-state index contributed by atoms with van der Waals surface area (Å²) in [5.41, 5.74) is 0.538.